The summed E-state index contributed by atoms with van der Waals surface area (Å²) < 4.78 is 15.5. The van der Waals surface area contributed by atoms with Crippen molar-refractivity contribution in [3.8, 4) is 0 Å². The van der Waals surface area contributed by atoms with E-state index in [9.17, 15) is 0 Å². The second kappa shape index (κ2) is 14.2. The lowest BCUT2D eigenvalue weighted by Crippen LogP contribution is -2.23. The third kappa shape index (κ3) is 14.1. The van der Waals surface area contributed by atoms with Crippen molar-refractivity contribution < 1.29 is 14.2 Å². The molecule has 5 heteroatoms. The monoisotopic (exact) mass is 267 g/mol. The van der Waals surface area contributed by atoms with Crippen LogP contribution in [-0.2, 0) is 14.2 Å². The molecule has 4 nitrogen and oxygen atoms in total. The molecule has 1 unspecified atom stereocenters. The summed E-state index contributed by atoms with van der Waals surface area (Å²) in [7, 11) is 1.66. The largest absolute Gasteiger partial charge is 0.382 e. The quantitative estimate of drug-likeness (QED) is 0.407. The molecule has 104 valence electrons. The van der Waals surface area contributed by atoms with Crippen LogP contribution in [0.2, 0.25) is 0 Å². The number of nitrogens with one attached hydrogen (secondary N) is 1. The van der Waals surface area contributed by atoms with Crippen LogP contribution in [0.3, 0.4) is 0 Å². The molecule has 0 aliphatic carbocycles. The van der Waals surface area contributed by atoms with E-state index in [1.54, 1.807) is 7.11 Å². The van der Waals surface area contributed by atoms with Crippen LogP contribution in [0.4, 0.5) is 0 Å². The molecular formula is C12H26ClNO3. The van der Waals surface area contributed by atoms with Gasteiger partial charge in [-0.3, -0.25) is 0 Å². The number of rotatable bonds is 13. The molecule has 0 aromatic rings. The number of ether oxygens (including phenoxy) is 3. The summed E-state index contributed by atoms with van der Waals surface area (Å²) in [6.45, 7) is 7.17. The molecule has 0 heterocycles. The highest BCUT2D eigenvalue weighted by molar-refractivity contribution is 6.20. The predicted molar refractivity (Wildman–Crippen MR) is 70.9 cm³/mol. The van der Waals surface area contributed by atoms with Crippen LogP contribution in [0.25, 0.3) is 0 Å². The van der Waals surface area contributed by atoms with E-state index in [0.717, 1.165) is 25.9 Å². The van der Waals surface area contributed by atoms with Gasteiger partial charge in [-0.1, -0.05) is 6.92 Å². The standard InChI is InChI=1S/C12H26ClNO3/c1-3-12(13)4-5-14-6-7-16-10-11-17-9-8-15-2/h12,14H,3-11H2,1-2H3. The summed E-state index contributed by atoms with van der Waals surface area (Å²) in [6, 6.07) is 0. The van der Waals surface area contributed by atoms with Gasteiger partial charge in [0.25, 0.3) is 0 Å². The zero-order chi connectivity index (χ0) is 12.8. The van der Waals surface area contributed by atoms with Gasteiger partial charge in [-0.2, -0.15) is 0 Å². The predicted octanol–water partition coefficient (Wildman–Crippen LogP) is 1.66. The molecule has 0 radical (unpaired) electrons. The Labute approximate surface area is 110 Å². The summed E-state index contributed by atoms with van der Waals surface area (Å²) in [5.41, 5.74) is 0. The smallest absolute Gasteiger partial charge is 0.0701 e. The summed E-state index contributed by atoms with van der Waals surface area (Å²) in [4.78, 5) is 0. The van der Waals surface area contributed by atoms with E-state index in [2.05, 4.69) is 12.2 Å². The summed E-state index contributed by atoms with van der Waals surface area (Å²) in [6.07, 6.45) is 2.04. The highest BCUT2D eigenvalue weighted by atomic mass is 35.5. The molecule has 0 aromatic heterocycles. The highest BCUT2D eigenvalue weighted by Gasteiger charge is 1.99. The second-order valence-corrected chi connectivity index (χ2v) is 4.38. The maximum absolute atomic E-state index is 5.99. The lowest BCUT2D eigenvalue weighted by Gasteiger charge is -2.08. The van der Waals surface area contributed by atoms with E-state index in [1.165, 1.54) is 0 Å². The number of alkyl halides is 1. The van der Waals surface area contributed by atoms with Gasteiger partial charge in [0.2, 0.25) is 0 Å². The topological polar surface area (TPSA) is 39.7 Å². The Morgan fingerprint density at radius 3 is 2.29 bits per heavy atom. The Kier molecular flexibility index (Phi) is 14.3. The van der Waals surface area contributed by atoms with Gasteiger partial charge in [-0.15, -0.1) is 11.6 Å². The lowest BCUT2D eigenvalue weighted by atomic mass is 10.2. The van der Waals surface area contributed by atoms with E-state index in [-0.39, 0.29) is 5.38 Å². The molecule has 1 N–H and O–H groups in total. The van der Waals surface area contributed by atoms with Gasteiger partial charge >= 0.3 is 0 Å². The third-order valence-corrected chi connectivity index (χ3v) is 2.83. The maximum Gasteiger partial charge on any atom is 0.0701 e. The van der Waals surface area contributed by atoms with Gasteiger partial charge in [0.1, 0.15) is 0 Å². The minimum atomic E-state index is 0.289. The van der Waals surface area contributed by atoms with Gasteiger partial charge in [0.15, 0.2) is 0 Å². The first kappa shape index (κ1) is 17.1. The van der Waals surface area contributed by atoms with Crippen LogP contribution >= 0.6 is 11.6 Å². The van der Waals surface area contributed by atoms with Crippen molar-refractivity contribution in [2.24, 2.45) is 0 Å². The van der Waals surface area contributed by atoms with Crippen molar-refractivity contribution in [3.63, 3.8) is 0 Å². The molecule has 0 rings (SSSR count). The van der Waals surface area contributed by atoms with Crippen molar-refractivity contribution in [3.05, 3.63) is 0 Å². The lowest BCUT2D eigenvalue weighted by molar-refractivity contribution is 0.0256. The van der Waals surface area contributed by atoms with Crippen LogP contribution in [0.15, 0.2) is 0 Å². The molecule has 0 aliphatic rings. The summed E-state index contributed by atoms with van der Waals surface area (Å²) in [5.74, 6) is 0. The zero-order valence-electron chi connectivity index (χ0n) is 11.0. The fourth-order valence-electron chi connectivity index (χ4n) is 1.20. The Morgan fingerprint density at radius 1 is 1.00 bits per heavy atom. The fraction of sp³-hybridized carbons (Fsp3) is 1.00. The third-order valence-electron chi connectivity index (χ3n) is 2.30. The van der Waals surface area contributed by atoms with Crippen molar-refractivity contribution in [1.29, 1.82) is 0 Å². The summed E-state index contributed by atoms with van der Waals surface area (Å²) in [5, 5.41) is 3.58. The molecule has 0 aliphatic heterocycles. The first-order valence-corrected chi connectivity index (χ1v) is 6.74. The first-order valence-electron chi connectivity index (χ1n) is 6.30. The van der Waals surface area contributed by atoms with Crippen LogP contribution in [0.5, 0.6) is 0 Å². The minimum Gasteiger partial charge on any atom is -0.382 e. The zero-order valence-corrected chi connectivity index (χ0v) is 11.8. The molecular weight excluding hydrogens is 242 g/mol. The van der Waals surface area contributed by atoms with Gasteiger partial charge < -0.3 is 19.5 Å². The average molecular weight is 268 g/mol. The number of halogens is 1. The number of methoxy groups -OCH3 is 1. The van der Waals surface area contributed by atoms with Gasteiger partial charge in [-0.25, -0.2) is 0 Å². The van der Waals surface area contributed by atoms with Crippen molar-refractivity contribution in [1.82, 2.24) is 5.32 Å². The van der Waals surface area contributed by atoms with E-state index in [4.69, 9.17) is 25.8 Å². The Balaban J connectivity index is 2.94. The SMILES string of the molecule is CCC(Cl)CCNCCOCCOCCOC. The van der Waals surface area contributed by atoms with E-state index in [0.29, 0.717) is 33.0 Å². The molecule has 0 fully saturated rings. The van der Waals surface area contributed by atoms with Crippen LogP contribution in [-0.4, -0.2) is 58.6 Å². The van der Waals surface area contributed by atoms with Gasteiger partial charge in [0.05, 0.1) is 33.0 Å². The molecule has 17 heavy (non-hydrogen) atoms. The average Bonchev–Trinajstić information content (AvgIpc) is 2.35. The Bertz CT molecular complexity index is 150. The Hall–Kier alpha value is 0.130. The summed E-state index contributed by atoms with van der Waals surface area (Å²) >= 11 is 5.99. The van der Waals surface area contributed by atoms with E-state index in [1.807, 2.05) is 0 Å². The molecule has 0 saturated heterocycles. The van der Waals surface area contributed by atoms with Crippen LogP contribution in [0, 0.1) is 0 Å². The molecule has 0 saturated carbocycles. The van der Waals surface area contributed by atoms with Gasteiger partial charge in [-0.05, 0) is 19.4 Å². The van der Waals surface area contributed by atoms with Crippen molar-refractivity contribution in [2.75, 3.05) is 53.2 Å². The minimum absolute atomic E-state index is 0.289. The normalized spacial score (nSPS) is 12.9. The van der Waals surface area contributed by atoms with Crippen molar-refractivity contribution >= 4 is 11.6 Å². The van der Waals surface area contributed by atoms with Gasteiger partial charge in [0, 0.05) is 19.0 Å². The molecule has 0 bridgehead atoms. The molecule has 0 aromatic carbocycles. The Morgan fingerprint density at radius 2 is 1.65 bits per heavy atom. The maximum atomic E-state index is 5.99. The van der Waals surface area contributed by atoms with E-state index >= 15 is 0 Å². The second-order valence-electron chi connectivity index (χ2n) is 3.76. The fourth-order valence-corrected chi connectivity index (χ4v) is 1.31. The first-order chi connectivity index (χ1) is 8.31. The van der Waals surface area contributed by atoms with E-state index < -0.39 is 0 Å². The van der Waals surface area contributed by atoms with Crippen molar-refractivity contribution in [2.45, 2.75) is 25.1 Å². The van der Waals surface area contributed by atoms with Crippen LogP contribution in [0.1, 0.15) is 19.8 Å². The molecule has 0 spiro atoms. The number of hydrogen-bond donors (Lipinski definition) is 1. The highest BCUT2D eigenvalue weighted by Crippen LogP contribution is 2.04. The molecule has 0 amide bonds. The molecule has 1 atom stereocenters. The van der Waals surface area contributed by atoms with Crippen LogP contribution < -0.4 is 5.32 Å². The number of hydrogen-bond acceptors (Lipinski definition) is 4.